The monoisotopic (exact) mass is 583 g/mol. The molecule has 0 bridgehead atoms. The smallest absolute Gasteiger partial charge is 0.256 e. The van der Waals surface area contributed by atoms with E-state index in [0.717, 1.165) is 76.5 Å². The van der Waals surface area contributed by atoms with Crippen LogP contribution in [0.1, 0.15) is 90.9 Å². The molecule has 9 unspecified atom stereocenters. The van der Waals surface area contributed by atoms with Gasteiger partial charge in [0, 0.05) is 37.3 Å². The summed E-state index contributed by atoms with van der Waals surface area (Å²) in [4.78, 5) is 35.0. The molecule has 6 rings (SSSR count). The number of nitrogens with zero attached hydrogens (tertiary/aromatic N) is 3. The molecule has 0 aromatic carbocycles. The van der Waals surface area contributed by atoms with Gasteiger partial charge in [-0.2, -0.15) is 0 Å². The van der Waals surface area contributed by atoms with Gasteiger partial charge in [-0.25, -0.2) is 0 Å². The van der Waals surface area contributed by atoms with Crippen LogP contribution in [-0.2, 0) is 14.3 Å². The first-order chi connectivity index (χ1) is 20.4. The third-order valence-electron chi connectivity index (χ3n) is 11.8. The van der Waals surface area contributed by atoms with Crippen molar-refractivity contribution in [2.45, 2.75) is 127 Å². The number of ketones is 1. The molecule has 6 aliphatic rings. The minimum absolute atomic E-state index is 0.00279. The van der Waals surface area contributed by atoms with Crippen molar-refractivity contribution in [3.05, 3.63) is 11.8 Å². The molecule has 0 spiro atoms. The Morgan fingerprint density at radius 3 is 2.62 bits per heavy atom. The van der Waals surface area contributed by atoms with E-state index in [0.29, 0.717) is 5.57 Å². The Morgan fingerprint density at radius 1 is 1.10 bits per heavy atom. The summed E-state index contributed by atoms with van der Waals surface area (Å²) in [5.74, 6) is 1.23. The number of rotatable bonds is 11. The maximum absolute atomic E-state index is 14.0. The molecule has 3 aliphatic heterocycles. The third kappa shape index (κ3) is 6.47. The van der Waals surface area contributed by atoms with Gasteiger partial charge in [-0.1, -0.05) is 32.6 Å². The number of hydrogen-bond donors (Lipinski definition) is 2. The molecule has 5 fully saturated rings. The number of morpholine rings is 1. The zero-order valence-corrected chi connectivity index (χ0v) is 26.6. The van der Waals surface area contributed by atoms with Gasteiger partial charge in [0.2, 0.25) is 0 Å². The van der Waals surface area contributed by atoms with Crippen LogP contribution in [0.5, 0.6) is 0 Å². The standard InChI is InChI=1S/C34H57N5O3/c1-4-37(3)16-9-10-23(2)36-34(41)27-22-39-29-20-24-11-5-6-12-25(24)21-30(29)42-33-28(14-13-26(31(33)39)32(27)40)35-15-19-38-17-7-8-18-38/h22-26,28-31,33,35H,4-21H2,1-3H3,(H,36,41). The first-order valence-electron chi connectivity index (χ1n) is 17.6. The summed E-state index contributed by atoms with van der Waals surface area (Å²) < 4.78 is 7.09. The molecular weight excluding hydrogens is 526 g/mol. The van der Waals surface area contributed by atoms with Gasteiger partial charge in [-0.3, -0.25) is 9.59 Å². The Morgan fingerprint density at radius 2 is 1.86 bits per heavy atom. The van der Waals surface area contributed by atoms with Crippen LogP contribution in [0.3, 0.4) is 0 Å². The van der Waals surface area contributed by atoms with E-state index in [1.807, 2.05) is 6.20 Å². The Kier molecular flexibility index (Phi) is 9.93. The second-order valence-corrected chi connectivity index (χ2v) is 14.5. The summed E-state index contributed by atoms with van der Waals surface area (Å²) in [6.45, 7) is 10.8. The fourth-order valence-electron chi connectivity index (χ4n) is 9.30. The van der Waals surface area contributed by atoms with Crippen molar-refractivity contribution >= 4 is 11.7 Å². The van der Waals surface area contributed by atoms with E-state index in [9.17, 15) is 9.59 Å². The molecule has 3 saturated carbocycles. The fraction of sp³-hybridized carbons (Fsp3) is 0.882. The van der Waals surface area contributed by atoms with Gasteiger partial charge in [-0.15, -0.1) is 0 Å². The van der Waals surface area contributed by atoms with Crippen LogP contribution in [0.2, 0.25) is 0 Å². The number of carbonyl (C=O) groups excluding carboxylic acids is 2. The van der Waals surface area contributed by atoms with Crippen molar-refractivity contribution in [3.63, 3.8) is 0 Å². The maximum Gasteiger partial charge on any atom is 0.256 e. The molecule has 2 N–H and O–H groups in total. The van der Waals surface area contributed by atoms with Crippen molar-refractivity contribution in [2.24, 2.45) is 17.8 Å². The topological polar surface area (TPSA) is 77.2 Å². The van der Waals surface area contributed by atoms with Crippen molar-refractivity contribution in [2.75, 3.05) is 46.3 Å². The zero-order valence-electron chi connectivity index (χ0n) is 26.6. The molecule has 3 heterocycles. The van der Waals surface area contributed by atoms with Gasteiger partial charge in [-0.05, 0) is 103 Å². The van der Waals surface area contributed by atoms with E-state index >= 15 is 0 Å². The second kappa shape index (κ2) is 13.7. The normalized spacial score (nSPS) is 37.1. The zero-order chi connectivity index (χ0) is 29.2. The number of likely N-dealkylation sites (tertiary alicyclic amines) is 1. The average Bonchev–Trinajstić information content (AvgIpc) is 3.51. The Hall–Kier alpha value is -1.48. The molecule has 236 valence electrons. The van der Waals surface area contributed by atoms with E-state index in [1.54, 1.807) is 0 Å². The molecule has 0 aromatic rings. The van der Waals surface area contributed by atoms with Crippen LogP contribution in [0.4, 0.5) is 0 Å². The first-order valence-corrected chi connectivity index (χ1v) is 17.6. The molecule has 0 radical (unpaired) electrons. The molecule has 9 atom stereocenters. The summed E-state index contributed by atoms with van der Waals surface area (Å²) in [6, 6.07) is 0.622. The van der Waals surface area contributed by atoms with Crippen LogP contribution < -0.4 is 10.6 Å². The van der Waals surface area contributed by atoms with E-state index in [4.69, 9.17) is 4.74 Å². The summed E-state index contributed by atoms with van der Waals surface area (Å²) in [5, 5.41) is 7.09. The lowest BCUT2D eigenvalue weighted by molar-refractivity contribution is -0.200. The average molecular weight is 584 g/mol. The minimum Gasteiger partial charge on any atom is -0.369 e. The largest absolute Gasteiger partial charge is 0.369 e. The summed E-state index contributed by atoms with van der Waals surface area (Å²) in [5.41, 5.74) is 0.388. The second-order valence-electron chi connectivity index (χ2n) is 14.5. The molecular formula is C34H57N5O3. The number of carbonyl (C=O) groups is 2. The summed E-state index contributed by atoms with van der Waals surface area (Å²) >= 11 is 0. The fourth-order valence-corrected chi connectivity index (χ4v) is 9.30. The van der Waals surface area contributed by atoms with Crippen LogP contribution in [0.15, 0.2) is 11.8 Å². The maximum atomic E-state index is 14.0. The number of Topliss-reactive ketones (excluding diaryl/α,β-unsaturated/α-hetero) is 1. The van der Waals surface area contributed by atoms with Gasteiger partial charge in [0.15, 0.2) is 5.78 Å². The van der Waals surface area contributed by atoms with Crippen molar-refractivity contribution in [1.82, 2.24) is 25.3 Å². The van der Waals surface area contributed by atoms with Crippen LogP contribution >= 0.6 is 0 Å². The van der Waals surface area contributed by atoms with Crippen molar-refractivity contribution in [3.8, 4) is 0 Å². The molecule has 0 aromatic heterocycles. The SMILES string of the molecule is CCN(C)CCCC(C)NC(=O)C1=CN2C3CC4CCCCC4CC3OC3C(NCCN4CCCC4)CCC(C1=O)C32. The van der Waals surface area contributed by atoms with Crippen molar-refractivity contribution < 1.29 is 14.3 Å². The highest BCUT2D eigenvalue weighted by Crippen LogP contribution is 2.49. The minimum atomic E-state index is -0.174. The highest BCUT2D eigenvalue weighted by molar-refractivity contribution is 6.20. The molecule has 42 heavy (non-hydrogen) atoms. The van der Waals surface area contributed by atoms with E-state index in [-0.39, 0.29) is 54.0 Å². The Balaban J connectivity index is 1.19. The molecule has 8 heteroatoms. The van der Waals surface area contributed by atoms with Crippen LogP contribution in [-0.4, -0.2) is 109 Å². The number of ether oxygens (including phenoxy) is 1. The van der Waals surface area contributed by atoms with Crippen LogP contribution in [0.25, 0.3) is 0 Å². The lowest BCUT2D eigenvalue weighted by Gasteiger charge is -2.60. The van der Waals surface area contributed by atoms with Crippen LogP contribution in [0, 0.1) is 17.8 Å². The molecule has 8 nitrogen and oxygen atoms in total. The number of nitrogens with one attached hydrogen (secondary N) is 2. The van der Waals surface area contributed by atoms with E-state index in [1.165, 1.54) is 51.6 Å². The molecule has 3 aliphatic carbocycles. The van der Waals surface area contributed by atoms with Gasteiger partial charge in [0.1, 0.15) is 0 Å². The van der Waals surface area contributed by atoms with Gasteiger partial charge in [0.25, 0.3) is 5.91 Å². The van der Waals surface area contributed by atoms with E-state index < -0.39 is 0 Å². The summed E-state index contributed by atoms with van der Waals surface area (Å²) in [6.07, 6.45) is 16.2. The van der Waals surface area contributed by atoms with Gasteiger partial charge < -0.3 is 30.1 Å². The van der Waals surface area contributed by atoms with Gasteiger partial charge in [0.05, 0.1) is 29.9 Å². The Bertz CT molecular complexity index is 982. The lowest BCUT2D eigenvalue weighted by Crippen LogP contribution is -2.71. The van der Waals surface area contributed by atoms with Gasteiger partial charge >= 0.3 is 0 Å². The predicted molar refractivity (Wildman–Crippen MR) is 166 cm³/mol. The lowest BCUT2D eigenvalue weighted by atomic mass is 9.65. The molecule has 2 saturated heterocycles. The predicted octanol–water partition coefficient (Wildman–Crippen LogP) is 3.56. The quantitative estimate of drug-likeness (QED) is 0.360. The van der Waals surface area contributed by atoms with Crippen molar-refractivity contribution in [1.29, 1.82) is 0 Å². The highest BCUT2D eigenvalue weighted by Gasteiger charge is 2.57. The highest BCUT2D eigenvalue weighted by atomic mass is 16.5. The first kappa shape index (κ1) is 30.5. The number of hydrogen-bond acceptors (Lipinski definition) is 7. The van der Waals surface area contributed by atoms with E-state index in [2.05, 4.69) is 46.2 Å². The third-order valence-corrected chi connectivity index (χ3v) is 11.8. The Labute approximate surface area is 254 Å². The number of fused-ring (bicyclic) bond motifs is 3. The molecule has 1 amide bonds. The summed E-state index contributed by atoms with van der Waals surface area (Å²) in [7, 11) is 2.13. The number of amides is 1.